The van der Waals surface area contributed by atoms with Crippen molar-refractivity contribution in [2.75, 3.05) is 25.1 Å². The molecule has 2 aromatic rings. The molecule has 0 radical (unpaired) electrons. The van der Waals surface area contributed by atoms with Crippen LogP contribution in [0.4, 0.5) is 10.1 Å². The lowest BCUT2D eigenvalue weighted by Crippen LogP contribution is -2.46. The van der Waals surface area contributed by atoms with Crippen molar-refractivity contribution in [3.05, 3.63) is 59.9 Å². The number of likely N-dealkylation sites (tertiary alicyclic amines) is 1. The molecule has 6 heteroatoms. The van der Waals surface area contributed by atoms with E-state index in [0.29, 0.717) is 17.4 Å². The number of anilines is 1. The Kier molecular flexibility index (Phi) is 6.13. The number of hydrogen-bond donors (Lipinski definition) is 0. The van der Waals surface area contributed by atoms with E-state index in [4.69, 9.17) is 4.74 Å². The van der Waals surface area contributed by atoms with Crippen LogP contribution in [-0.4, -0.2) is 43.0 Å². The highest BCUT2D eigenvalue weighted by molar-refractivity contribution is 6.22. The molecule has 0 unspecified atom stereocenters. The zero-order valence-electron chi connectivity index (χ0n) is 17.2. The summed E-state index contributed by atoms with van der Waals surface area (Å²) < 4.78 is 19.0. The Balaban J connectivity index is 1.33. The molecule has 2 aliphatic heterocycles. The molecule has 2 saturated heterocycles. The fraction of sp³-hybridized carbons (Fsp3) is 0.417. The molecule has 5 nitrogen and oxygen atoms in total. The molecule has 30 heavy (non-hydrogen) atoms. The lowest BCUT2D eigenvalue weighted by molar-refractivity contribution is -0.123. The summed E-state index contributed by atoms with van der Waals surface area (Å²) in [7, 11) is 1.58. The van der Waals surface area contributed by atoms with Gasteiger partial charge in [-0.2, -0.15) is 0 Å². The first-order valence-corrected chi connectivity index (χ1v) is 10.5. The van der Waals surface area contributed by atoms with Gasteiger partial charge in [0.1, 0.15) is 11.6 Å². The second-order valence-corrected chi connectivity index (χ2v) is 8.09. The lowest BCUT2D eigenvalue weighted by Gasteiger charge is -2.34. The Morgan fingerprint density at radius 1 is 1.03 bits per heavy atom. The predicted molar refractivity (Wildman–Crippen MR) is 113 cm³/mol. The van der Waals surface area contributed by atoms with Crippen molar-refractivity contribution in [3.63, 3.8) is 0 Å². The van der Waals surface area contributed by atoms with Crippen LogP contribution in [0.15, 0.2) is 48.5 Å². The van der Waals surface area contributed by atoms with Crippen molar-refractivity contribution in [3.8, 4) is 5.75 Å². The number of amides is 2. The number of imide groups is 1. The van der Waals surface area contributed by atoms with Crippen LogP contribution in [0.5, 0.6) is 5.75 Å². The highest BCUT2D eigenvalue weighted by Crippen LogP contribution is 2.30. The molecule has 2 amide bonds. The normalized spacial score (nSPS) is 20.7. The van der Waals surface area contributed by atoms with Crippen LogP contribution in [0.3, 0.4) is 0 Å². The van der Waals surface area contributed by atoms with E-state index in [2.05, 4.69) is 4.90 Å². The Morgan fingerprint density at radius 3 is 2.40 bits per heavy atom. The van der Waals surface area contributed by atoms with Crippen molar-refractivity contribution in [2.45, 2.75) is 38.1 Å². The van der Waals surface area contributed by atoms with Gasteiger partial charge in [-0.15, -0.1) is 0 Å². The third-order valence-corrected chi connectivity index (χ3v) is 6.32. The van der Waals surface area contributed by atoms with Crippen LogP contribution in [0.2, 0.25) is 0 Å². The van der Waals surface area contributed by atoms with Gasteiger partial charge in [-0.3, -0.25) is 14.5 Å². The Hall–Kier alpha value is -2.73. The van der Waals surface area contributed by atoms with E-state index in [1.807, 2.05) is 12.1 Å². The third kappa shape index (κ3) is 4.24. The largest absolute Gasteiger partial charge is 0.497 e. The minimum absolute atomic E-state index is 0.136. The molecule has 2 aliphatic rings. The molecule has 0 spiro atoms. The second-order valence-electron chi connectivity index (χ2n) is 8.09. The van der Waals surface area contributed by atoms with Crippen LogP contribution in [0.1, 0.15) is 31.2 Å². The molecule has 1 atom stereocenters. The highest BCUT2D eigenvalue weighted by Gasteiger charge is 2.43. The molecule has 0 bridgehead atoms. The van der Waals surface area contributed by atoms with Gasteiger partial charge < -0.3 is 4.74 Å². The van der Waals surface area contributed by atoms with Gasteiger partial charge in [0.15, 0.2) is 0 Å². The standard InChI is InChI=1S/C24H27FN2O3/c1-30-20-10-8-19(9-11-20)27-23(28)16-22(24(27)29)26-14-12-17(13-15-26)6-7-18-4-2-3-5-21(18)25/h2-5,8-11,17,22H,6-7,12-16H2,1H3/t22-/m1/s1. The van der Waals surface area contributed by atoms with E-state index in [-0.39, 0.29) is 30.1 Å². The summed E-state index contributed by atoms with van der Waals surface area (Å²) in [6.07, 6.45) is 3.85. The monoisotopic (exact) mass is 410 g/mol. The smallest absolute Gasteiger partial charge is 0.251 e. The van der Waals surface area contributed by atoms with Gasteiger partial charge in [0, 0.05) is 0 Å². The summed E-state index contributed by atoms with van der Waals surface area (Å²) in [5.74, 6) is 0.771. The first-order chi connectivity index (χ1) is 14.6. The summed E-state index contributed by atoms with van der Waals surface area (Å²) in [5, 5.41) is 0. The maximum atomic E-state index is 13.8. The lowest BCUT2D eigenvalue weighted by atomic mass is 9.89. The number of hydrogen-bond acceptors (Lipinski definition) is 4. The van der Waals surface area contributed by atoms with Crippen molar-refractivity contribution in [1.82, 2.24) is 4.90 Å². The zero-order valence-corrected chi connectivity index (χ0v) is 17.2. The molecule has 0 saturated carbocycles. The number of benzene rings is 2. The van der Waals surface area contributed by atoms with Gasteiger partial charge in [-0.25, -0.2) is 9.29 Å². The fourth-order valence-electron chi connectivity index (χ4n) is 4.52. The molecule has 0 aromatic heterocycles. The Morgan fingerprint density at radius 2 is 1.73 bits per heavy atom. The van der Waals surface area contributed by atoms with Crippen LogP contribution in [0.25, 0.3) is 0 Å². The SMILES string of the molecule is COc1ccc(N2C(=O)C[C@@H](N3CCC(CCc4ccccc4F)CC3)C2=O)cc1. The number of carbonyl (C=O) groups is 2. The summed E-state index contributed by atoms with van der Waals surface area (Å²) in [5.41, 5.74) is 1.36. The molecule has 0 N–H and O–H groups in total. The molecule has 4 rings (SSSR count). The van der Waals surface area contributed by atoms with Gasteiger partial charge in [0.2, 0.25) is 5.91 Å². The van der Waals surface area contributed by atoms with Gasteiger partial charge in [-0.05, 0) is 80.6 Å². The quantitative estimate of drug-likeness (QED) is 0.680. The van der Waals surface area contributed by atoms with Gasteiger partial charge in [0.05, 0.1) is 25.3 Å². The molecule has 2 fully saturated rings. The van der Waals surface area contributed by atoms with E-state index < -0.39 is 0 Å². The summed E-state index contributed by atoms with van der Waals surface area (Å²) >= 11 is 0. The molecule has 2 heterocycles. The van der Waals surface area contributed by atoms with E-state index in [1.54, 1.807) is 37.4 Å². The minimum Gasteiger partial charge on any atom is -0.497 e. The minimum atomic E-state index is -0.382. The van der Waals surface area contributed by atoms with Crippen molar-refractivity contribution in [2.24, 2.45) is 5.92 Å². The molecular weight excluding hydrogens is 383 g/mol. The van der Waals surface area contributed by atoms with Crippen LogP contribution in [-0.2, 0) is 16.0 Å². The van der Waals surface area contributed by atoms with E-state index in [1.165, 1.54) is 11.0 Å². The second kappa shape index (κ2) is 8.96. The summed E-state index contributed by atoms with van der Waals surface area (Å²) in [6.45, 7) is 1.59. The van der Waals surface area contributed by atoms with Crippen LogP contribution >= 0.6 is 0 Å². The van der Waals surface area contributed by atoms with Gasteiger partial charge >= 0.3 is 0 Å². The van der Waals surface area contributed by atoms with Crippen LogP contribution < -0.4 is 9.64 Å². The number of nitrogens with zero attached hydrogens (tertiary/aromatic N) is 2. The number of piperidine rings is 1. The Labute approximate surface area is 176 Å². The molecule has 2 aromatic carbocycles. The number of rotatable bonds is 6. The molecule has 0 aliphatic carbocycles. The maximum absolute atomic E-state index is 13.8. The average Bonchev–Trinajstić information content (AvgIpc) is 3.07. The zero-order chi connectivity index (χ0) is 21.1. The summed E-state index contributed by atoms with van der Waals surface area (Å²) in [4.78, 5) is 29.0. The molecular formula is C24H27FN2O3. The predicted octanol–water partition coefficient (Wildman–Crippen LogP) is 3.81. The van der Waals surface area contributed by atoms with Crippen molar-refractivity contribution < 1.29 is 18.7 Å². The third-order valence-electron chi connectivity index (χ3n) is 6.32. The first-order valence-electron chi connectivity index (χ1n) is 10.5. The number of carbonyl (C=O) groups excluding carboxylic acids is 2. The fourth-order valence-corrected chi connectivity index (χ4v) is 4.52. The first kappa shape index (κ1) is 20.5. The van der Waals surface area contributed by atoms with Crippen molar-refractivity contribution >= 4 is 17.5 Å². The van der Waals surface area contributed by atoms with E-state index >= 15 is 0 Å². The topological polar surface area (TPSA) is 49.9 Å². The number of aryl methyl sites for hydroxylation is 1. The van der Waals surface area contributed by atoms with Gasteiger partial charge in [-0.1, -0.05) is 18.2 Å². The van der Waals surface area contributed by atoms with Gasteiger partial charge in [0.25, 0.3) is 5.91 Å². The highest BCUT2D eigenvalue weighted by atomic mass is 19.1. The van der Waals surface area contributed by atoms with E-state index in [0.717, 1.165) is 44.3 Å². The van der Waals surface area contributed by atoms with Crippen molar-refractivity contribution in [1.29, 1.82) is 0 Å². The number of methoxy groups -OCH3 is 1. The van der Waals surface area contributed by atoms with E-state index in [9.17, 15) is 14.0 Å². The number of ether oxygens (including phenoxy) is 1. The molecule has 158 valence electrons. The average molecular weight is 410 g/mol. The van der Waals surface area contributed by atoms with Crippen LogP contribution in [0, 0.1) is 11.7 Å². The Bertz CT molecular complexity index is 907. The maximum Gasteiger partial charge on any atom is 0.251 e. The number of halogens is 1. The summed E-state index contributed by atoms with van der Waals surface area (Å²) in [6, 6.07) is 13.6.